The van der Waals surface area contributed by atoms with E-state index in [2.05, 4.69) is 50.8 Å². The smallest absolute Gasteiger partial charge is 0.219 e. The maximum atomic E-state index is 11.3. The number of rotatable bonds is 8. The first kappa shape index (κ1) is 20.7. The summed E-state index contributed by atoms with van der Waals surface area (Å²) in [5, 5.41) is 0. The monoisotopic (exact) mass is 332 g/mol. The Bertz CT molecular complexity index is 476. The molecule has 0 unspecified atom stereocenters. The summed E-state index contributed by atoms with van der Waals surface area (Å²) in [7, 11) is 0. The molecule has 0 atom stereocenters. The summed E-state index contributed by atoms with van der Waals surface area (Å²) < 4.78 is 0. The third kappa shape index (κ3) is 9.07. The van der Waals surface area contributed by atoms with Crippen molar-refractivity contribution in [3.63, 3.8) is 0 Å². The van der Waals surface area contributed by atoms with Crippen LogP contribution in [0.15, 0.2) is 34.9 Å². The minimum atomic E-state index is 0.202. The van der Waals surface area contributed by atoms with Crippen LogP contribution < -0.4 is 0 Å². The largest absolute Gasteiger partial charge is 0.340 e. The molecule has 0 saturated carbocycles. The molecule has 0 spiro atoms. The molecule has 24 heavy (non-hydrogen) atoms. The molecule has 0 N–H and O–H groups in total. The first-order chi connectivity index (χ1) is 11.4. The van der Waals surface area contributed by atoms with Crippen molar-refractivity contribution in [3.05, 3.63) is 34.9 Å². The van der Waals surface area contributed by atoms with Gasteiger partial charge in [-0.25, -0.2) is 0 Å². The average Bonchev–Trinajstić information content (AvgIpc) is 2.53. The molecule has 0 aromatic rings. The summed E-state index contributed by atoms with van der Waals surface area (Å²) in [6.07, 6.45) is 11.7. The maximum absolute atomic E-state index is 11.3. The second-order valence-electron chi connectivity index (χ2n) is 7.27. The number of carbonyl (C=O) groups is 1. The predicted molar refractivity (Wildman–Crippen MR) is 104 cm³/mol. The Kier molecular flexibility index (Phi) is 9.70. The van der Waals surface area contributed by atoms with Gasteiger partial charge in [0.25, 0.3) is 0 Å². The number of amides is 1. The zero-order valence-electron chi connectivity index (χ0n) is 16.4. The summed E-state index contributed by atoms with van der Waals surface area (Å²) in [6, 6.07) is 0. The van der Waals surface area contributed by atoms with Crippen molar-refractivity contribution in [3.8, 4) is 0 Å². The van der Waals surface area contributed by atoms with Crippen LogP contribution in [0.4, 0.5) is 0 Å². The summed E-state index contributed by atoms with van der Waals surface area (Å²) in [5.74, 6) is 0.202. The minimum Gasteiger partial charge on any atom is -0.340 e. The summed E-state index contributed by atoms with van der Waals surface area (Å²) in [6.45, 7) is 15.2. The van der Waals surface area contributed by atoms with Gasteiger partial charge >= 0.3 is 0 Å². The Morgan fingerprint density at radius 1 is 0.792 bits per heavy atom. The molecule has 1 rings (SSSR count). The highest BCUT2D eigenvalue weighted by atomic mass is 16.2. The zero-order chi connectivity index (χ0) is 17.9. The Balaban J connectivity index is 2.23. The molecule has 1 aliphatic rings. The number of nitrogens with zero attached hydrogens (tertiary/aromatic N) is 2. The van der Waals surface area contributed by atoms with Crippen LogP contribution in [0, 0.1) is 0 Å². The lowest BCUT2D eigenvalue weighted by Crippen LogP contribution is -2.47. The van der Waals surface area contributed by atoms with E-state index >= 15 is 0 Å². The topological polar surface area (TPSA) is 23.6 Å². The molecule has 0 aromatic heterocycles. The number of carbonyl (C=O) groups excluding carboxylic acids is 1. The molecule has 1 fully saturated rings. The molecule has 3 heteroatoms. The maximum Gasteiger partial charge on any atom is 0.219 e. The second kappa shape index (κ2) is 11.2. The van der Waals surface area contributed by atoms with E-state index in [4.69, 9.17) is 0 Å². The van der Waals surface area contributed by atoms with Crippen molar-refractivity contribution in [2.24, 2.45) is 0 Å². The molecule has 1 amide bonds. The molecule has 1 heterocycles. The fraction of sp³-hybridized carbons (Fsp3) is 0.667. The van der Waals surface area contributed by atoms with Crippen molar-refractivity contribution in [1.29, 1.82) is 0 Å². The highest BCUT2D eigenvalue weighted by Crippen LogP contribution is 2.12. The highest BCUT2D eigenvalue weighted by molar-refractivity contribution is 5.73. The second-order valence-corrected chi connectivity index (χ2v) is 7.27. The van der Waals surface area contributed by atoms with Gasteiger partial charge in [-0.1, -0.05) is 34.9 Å². The number of piperazine rings is 1. The molecule has 0 bridgehead atoms. The fourth-order valence-electron chi connectivity index (χ4n) is 2.87. The van der Waals surface area contributed by atoms with Crippen LogP contribution in [0.2, 0.25) is 0 Å². The van der Waals surface area contributed by atoms with Gasteiger partial charge in [-0.05, 0) is 53.4 Å². The third-order valence-electron chi connectivity index (χ3n) is 4.64. The summed E-state index contributed by atoms with van der Waals surface area (Å²) >= 11 is 0. The average molecular weight is 333 g/mol. The van der Waals surface area contributed by atoms with Gasteiger partial charge in [-0.3, -0.25) is 9.69 Å². The molecule has 1 aliphatic heterocycles. The Hall–Kier alpha value is -1.35. The molecule has 1 saturated heterocycles. The van der Waals surface area contributed by atoms with Crippen molar-refractivity contribution in [1.82, 2.24) is 9.80 Å². The van der Waals surface area contributed by atoms with Crippen LogP contribution in [-0.4, -0.2) is 48.4 Å². The molecule has 3 nitrogen and oxygen atoms in total. The zero-order valence-corrected chi connectivity index (χ0v) is 16.4. The first-order valence-electron chi connectivity index (χ1n) is 9.31. The number of allylic oxidation sites excluding steroid dienone is 5. The van der Waals surface area contributed by atoms with E-state index in [0.29, 0.717) is 0 Å². The lowest BCUT2D eigenvalue weighted by atomic mass is 10.1. The van der Waals surface area contributed by atoms with Crippen molar-refractivity contribution in [2.75, 3.05) is 32.7 Å². The minimum absolute atomic E-state index is 0.202. The van der Waals surface area contributed by atoms with Gasteiger partial charge in [0.2, 0.25) is 5.91 Å². The van der Waals surface area contributed by atoms with Crippen molar-refractivity contribution < 1.29 is 4.79 Å². The van der Waals surface area contributed by atoms with E-state index in [9.17, 15) is 4.79 Å². The van der Waals surface area contributed by atoms with Gasteiger partial charge in [0, 0.05) is 39.6 Å². The molecule has 136 valence electrons. The van der Waals surface area contributed by atoms with E-state index < -0.39 is 0 Å². The molecular formula is C21H36N2O. The highest BCUT2D eigenvalue weighted by Gasteiger charge is 2.17. The van der Waals surface area contributed by atoms with Gasteiger partial charge in [0.05, 0.1) is 0 Å². The van der Waals surface area contributed by atoms with Gasteiger partial charge in [-0.15, -0.1) is 0 Å². The van der Waals surface area contributed by atoms with Crippen LogP contribution >= 0.6 is 0 Å². The lowest BCUT2D eigenvalue weighted by Gasteiger charge is -2.33. The van der Waals surface area contributed by atoms with Crippen molar-refractivity contribution >= 4 is 5.91 Å². The van der Waals surface area contributed by atoms with E-state index in [0.717, 1.165) is 52.0 Å². The van der Waals surface area contributed by atoms with Crippen LogP contribution in [0.1, 0.15) is 60.3 Å². The SMILES string of the molecule is CC(=O)N1CCN(CC=C(C)CCC=C(C)CCC=C(C)C)CC1. The Labute approximate surface area is 149 Å². The standard InChI is InChI=1S/C21H36N2O/c1-18(2)8-6-9-19(3)10-7-11-20(4)12-13-22-14-16-23(17-15-22)21(5)24/h8,10,12H,6-7,9,11,13-17H2,1-5H3. The predicted octanol–water partition coefficient (Wildman–Crippen LogP) is 4.57. The van der Waals surface area contributed by atoms with Crippen LogP contribution in [0.25, 0.3) is 0 Å². The Morgan fingerprint density at radius 3 is 1.88 bits per heavy atom. The van der Waals surface area contributed by atoms with Gasteiger partial charge in [-0.2, -0.15) is 0 Å². The molecule has 0 aromatic carbocycles. The van der Waals surface area contributed by atoms with Gasteiger partial charge in [0.1, 0.15) is 0 Å². The van der Waals surface area contributed by atoms with Crippen LogP contribution in [0.3, 0.4) is 0 Å². The molecular weight excluding hydrogens is 296 g/mol. The number of hydrogen-bond donors (Lipinski definition) is 0. The first-order valence-corrected chi connectivity index (χ1v) is 9.31. The van der Waals surface area contributed by atoms with E-state index in [1.165, 1.54) is 23.1 Å². The Morgan fingerprint density at radius 2 is 1.33 bits per heavy atom. The summed E-state index contributed by atoms with van der Waals surface area (Å²) in [5.41, 5.74) is 4.38. The molecule has 0 radical (unpaired) electrons. The van der Waals surface area contributed by atoms with Gasteiger partial charge in [0.15, 0.2) is 0 Å². The van der Waals surface area contributed by atoms with Crippen molar-refractivity contribution in [2.45, 2.75) is 60.3 Å². The van der Waals surface area contributed by atoms with E-state index in [1.807, 2.05) is 4.90 Å². The van der Waals surface area contributed by atoms with Gasteiger partial charge < -0.3 is 4.90 Å². The van der Waals surface area contributed by atoms with E-state index in [-0.39, 0.29) is 5.91 Å². The van der Waals surface area contributed by atoms with Crippen LogP contribution in [0.5, 0.6) is 0 Å². The normalized spacial score (nSPS) is 17.1. The summed E-state index contributed by atoms with van der Waals surface area (Å²) in [4.78, 5) is 15.7. The number of hydrogen-bond acceptors (Lipinski definition) is 2. The van der Waals surface area contributed by atoms with Crippen LogP contribution in [-0.2, 0) is 4.79 Å². The third-order valence-corrected chi connectivity index (χ3v) is 4.64. The van der Waals surface area contributed by atoms with E-state index in [1.54, 1.807) is 6.92 Å². The lowest BCUT2D eigenvalue weighted by molar-refractivity contribution is -0.130. The quantitative estimate of drug-likeness (QED) is 0.608. The molecule has 0 aliphatic carbocycles. The fourth-order valence-corrected chi connectivity index (χ4v) is 2.87.